The largest absolute Gasteiger partial charge is 0.389 e. The van der Waals surface area contributed by atoms with Crippen LogP contribution in [0, 0.1) is 46.8 Å². The van der Waals surface area contributed by atoms with Crippen molar-refractivity contribution >= 4 is 0 Å². The van der Waals surface area contributed by atoms with Crippen LogP contribution in [0.1, 0.15) is 112 Å². The minimum atomic E-state index is -0.217. The lowest BCUT2D eigenvalue weighted by molar-refractivity contribution is -0.0284. The van der Waals surface area contributed by atoms with E-state index in [2.05, 4.69) is 47.6 Å². The molecular formula is C28H50O. The zero-order chi connectivity index (χ0) is 21.2. The summed E-state index contributed by atoms with van der Waals surface area (Å²) in [6, 6.07) is 0. The minimum Gasteiger partial charge on any atom is -0.389 e. The van der Waals surface area contributed by atoms with E-state index in [1.165, 1.54) is 57.8 Å². The van der Waals surface area contributed by atoms with Crippen LogP contribution in [0.3, 0.4) is 0 Å². The molecule has 3 aliphatic carbocycles. The molecule has 0 saturated heterocycles. The first kappa shape index (κ1) is 23.4. The molecule has 3 saturated carbocycles. The van der Waals surface area contributed by atoms with Crippen LogP contribution in [0.4, 0.5) is 0 Å². The highest BCUT2D eigenvalue weighted by molar-refractivity contribution is 5.17. The van der Waals surface area contributed by atoms with Gasteiger partial charge in [0.2, 0.25) is 0 Å². The van der Waals surface area contributed by atoms with E-state index in [1.807, 2.05) is 0 Å². The molecule has 0 spiro atoms. The maximum Gasteiger partial charge on any atom is 0.0723 e. The van der Waals surface area contributed by atoms with Crippen molar-refractivity contribution in [3.05, 3.63) is 11.6 Å². The Morgan fingerprint density at radius 3 is 2.48 bits per heavy atom. The van der Waals surface area contributed by atoms with E-state index in [9.17, 15) is 5.11 Å². The van der Waals surface area contributed by atoms with Gasteiger partial charge in [0.15, 0.2) is 0 Å². The Balaban J connectivity index is 1.65. The van der Waals surface area contributed by atoms with Gasteiger partial charge in [0.1, 0.15) is 0 Å². The smallest absolute Gasteiger partial charge is 0.0723 e. The molecular weight excluding hydrogens is 352 g/mol. The van der Waals surface area contributed by atoms with Gasteiger partial charge in [-0.1, -0.05) is 78.9 Å². The van der Waals surface area contributed by atoms with Crippen molar-refractivity contribution in [2.45, 2.75) is 118 Å². The number of hydrogen-bond acceptors (Lipinski definition) is 1. The second-order valence-corrected chi connectivity index (χ2v) is 11.9. The Hall–Kier alpha value is -0.300. The summed E-state index contributed by atoms with van der Waals surface area (Å²) in [4.78, 5) is 0. The summed E-state index contributed by atoms with van der Waals surface area (Å²) in [6.07, 6.45) is 16.8. The second kappa shape index (κ2) is 9.88. The average Bonchev–Trinajstić information content (AvgIpc) is 3.01. The lowest BCUT2D eigenvalue weighted by atomic mass is 9.51. The molecule has 0 aromatic carbocycles. The quantitative estimate of drug-likeness (QED) is 0.407. The van der Waals surface area contributed by atoms with Crippen LogP contribution in [0.15, 0.2) is 11.6 Å². The molecule has 0 heterocycles. The molecule has 29 heavy (non-hydrogen) atoms. The van der Waals surface area contributed by atoms with E-state index in [1.54, 1.807) is 5.57 Å². The topological polar surface area (TPSA) is 20.2 Å². The highest BCUT2D eigenvalue weighted by Crippen LogP contribution is 2.64. The van der Waals surface area contributed by atoms with Crippen LogP contribution in [0.5, 0.6) is 0 Å². The molecule has 0 radical (unpaired) electrons. The van der Waals surface area contributed by atoms with Gasteiger partial charge in [-0.3, -0.25) is 0 Å². The SMILES string of the molecule is CCCC(O)/C=C1/CCC2C(CCC3(C)C(C(C)CCCC(C)C)CCC23)C1C. The van der Waals surface area contributed by atoms with E-state index in [0.29, 0.717) is 11.3 Å². The molecule has 8 atom stereocenters. The van der Waals surface area contributed by atoms with Gasteiger partial charge in [-0.05, 0) is 91.8 Å². The van der Waals surface area contributed by atoms with E-state index in [-0.39, 0.29) is 6.10 Å². The molecule has 0 aromatic heterocycles. The molecule has 8 unspecified atom stereocenters. The van der Waals surface area contributed by atoms with Crippen molar-refractivity contribution in [2.24, 2.45) is 46.8 Å². The predicted octanol–water partition coefficient (Wildman–Crippen LogP) is 8.02. The Morgan fingerprint density at radius 2 is 1.79 bits per heavy atom. The van der Waals surface area contributed by atoms with Gasteiger partial charge in [-0.25, -0.2) is 0 Å². The summed E-state index contributed by atoms with van der Waals surface area (Å²) in [7, 11) is 0. The Bertz CT molecular complexity index is 549. The van der Waals surface area contributed by atoms with Gasteiger partial charge in [0.05, 0.1) is 6.10 Å². The maximum absolute atomic E-state index is 10.3. The highest BCUT2D eigenvalue weighted by atomic mass is 16.3. The average molecular weight is 403 g/mol. The summed E-state index contributed by atoms with van der Waals surface area (Å²) >= 11 is 0. The lowest BCUT2D eigenvalue weighted by Crippen LogP contribution is -2.46. The van der Waals surface area contributed by atoms with Gasteiger partial charge < -0.3 is 5.11 Å². The van der Waals surface area contributed by atoms with Crippen LogP contribution in [0.25, 0.3) is 0 Å². The number of allylic oxidation sites excluding steroid dienone is 1. The van der Waals surface area contributed by atoms with E-state index in [4.69, 9.17) is 0 Å². The van der Waals surface area contributed by atoms with E-state index in [0.717, 1.165) is 48.3 Å². The highest BCUT2D eigenvalue weighted by Gasteiger charge is 2.56. The van der Waals surface area contributed by atoms with Crippen molar-refractivity contribution in [2.75, 3.05) is 0 Å². The minimum absolute atomic E-state index is 0.217. The predicted molar refractivity (Wildman–Crippen MR) is 126 cm³/mol. The fourth-order valence-corrected chi connectivity index (χ4v) is 8.07. The normalized spacial score (nSPS) is 40.7. The third-order valence-electron chi connectivity index (χ3n) is 9.68. The zero-order valence-corrected chi connectivity index (χ0v) is 20.4. The van der Waals surface area contributed by atoms with Gasteiger partial charge in [0.25, 0.3) is 0 Å². The Labute approximate surface area is 182 Å². The van der Waals surface area contributed by atoms with Gasteiger partial charge in [-0.15, -0.1) is 0 Å². The summed E-state index contributed by atoms with van der Waals surface area (Å²) in [5.74, 6) is 6.18. The van der Waals surface area contributed by atoms with Crippen molar-refractivity contribution in [1.82, 2.24) is 0 Å². The summed E-state index contributed by atoms with van der Waals surface area (Å²) in [5.41, 5.74) is 2.17. The molecule has 1 heteroatoms. The molecule has 0 aliphatic heterocycles. The number of fused-ring (bicyclic) bond motifs is 3. The molecule has 1 nitrogen and oxygen atoms in total. The summed E-state index contributed by atoms with van der Waals surface area (Å²) < 4.78 is 0. The third kappa shape index (κ3) is 4.97. The van der Waals surface area contributed by atoms with Crippen molar-refractivity contribution in [3.63, 3.8) is 0 Å². The molecule has 3 fully saturated rings. The number of aliphatic hydroxyl groups is 1. The first-order valence-corrected chi connectivity index (χ1v) is 13.2. The van der Waals surface area contributed by atoms with Gasteiger partial charge in [-0.2, -0.15) is 0 Å². The van der Waals surface area contributed by atoms with Crippen LogP contribution in [-0.2, 0) is 0 Å². The molecule has 3 aliphatic rings. The number of rotatable bonds is 8. The number of hydrogen-bond donors (Lipinski definition) is 1. The van der Waals surface area contributed by atoms with Crippen LogP contribution in [-0.4, -0.2) is 11.2 Å². The van der Waals surface area contributed by atoms with Crippen molar-refractivity contribution in [3.8, 4) is 0 Å². The fraction of sp³-hybridized carbons (Fsp3) is 0.929. The monoisotopic (exact) mass is 402 g/mol. The van der Waals surface area contributed by atoms with E-state index >= 15 is 0 Å². The zero-order valence-electron chi connectivity index (χ0n) is 20.4. The van der Waals surface area contributed by atoms with Crippen LogP contribution in [0.2, 0.25) is 0 Å². The Kier molecular flexibility index (Phi) is 7.96. The Morgan fingerprint density at radius 1 is 1.03 bits per heavy atom. The molecule has 0 amide bonds. The van der Waals surface area contributed by atoms with Gasteiger partial charge >= 0.3 is 0 Å². The molecule has 3 rings (SSSR count). The summed E-state index contributed by atoms with van der Waals surface area (Å²) in [5, 5.41) is 10.3. The first-order valence-electron chi connectivity index (χ1n) is 13.2. The standard InChI is InChI=1S/C28H50O/c1-7-9-23(29)18-22-12-13-25-24(21(22)5)16-17-28(6)26(14-15-27(25)28)20(4)11-8-10-19(2)3/h18-21,23-27,29H,7-17H2,1-6H3/b22-18-. The van der Waals surface area contributed by atoms with Crippen LogP contribution < -0.4 is 0 Å². The van der Waals surface area contributed by atoms with Crippen molar-refractivity contribution in [1.29, 1.82) is 0 Å². The lowest BCUT2D eigenvalue weighted by Gasteiger charge is -2.54. The fourth-order valence-electron chi connectivity index (χ4n) is 8.07. The van der Waals surface area contributed by atoms with Crippen LogP contribution >= 0.6 is 0 Å². The van der Waals surface area contributed by atoms with E-state index < -0.39 is 0 Å². The third-order valence-corrected chi connectivity index (χ3v) is 9.68. The molecule has 168 valence electrons. The first-order chi connectivity index (χ1) is 13.8. The molecule has 0 bridgehead atoms. The second-order valence-electron chi connectivity index (χ2n) is 11.9. The molecule has 0 aromatic rings. The molecule has 1 N–H and O–H groups in total. The summed E-state index contributed by atoms with van der Waals surface area (Å²) in [6.45, 7) is 14.6. The maximum atomic E-state index is 10.3. The van der Waals surface area contributed by atoms with Crippen molar-refractivity contribution < 1.29 is 5.11 Å². The van der Waals surface area contributed by atoms with Gasteiger partial charge in [0, 0.05) is 0 Å². The number of aliphatic hydroxyl groups excluding tert-OH is 1.